The molecule has 4 aliphatic heterocycles. The highest BCUT2D eigenvalue weighted by molar-refractivity contribution is 5.28. The Hall–Kier alpha value is -0.740. The molecule has 0 radical (unpaired) electrons. The van der Waals surface area contributed by atoms with Crippen LogP contribution in [0.3, 0.4) is 0 Å². The van der Waals surface area contributed by atoms with E-state index >= 15 is 0 Å². The lowest BCUT2D eigenvalue weighted by Crippen LogP contribution is -2.62. The van der Waals surface area contributed by atoms with Gasteiger partial charge < -0.3 is 59.1 Å². The summed E-state index contributed by atoms with van der Waals surface area (Å²) in [5, 5.41) is 63.7. The van der Waals surface area contributed by atoms with Crippen molar-refractivity contribution in [1.82, 2.24) is 0 Å². The fraction of sp³-hybridized carbons (Fsp3) is 0.946. The molecule has 0 bridgehead atoms. The Balaban J connectivity index is 1.01. The Morgan fingerprint density at radius 2 is 1.53 bits per heavy atom. The zero-order valence-corrected chi connectivity index (χ0v) is 29.3. The summed E-state index contributed by atoms with van der Waals surface area (Å²) in [7, 11) is 0. The van der Waals surface area contributed by atoms with E-state index in [1.807, 2.05) is 0 Å². The molecule has 49 heavy (non-hydrogen) atoms. The summed E-state index contributed by atoms with van der Waals surface area (Å²) in [5.41, 5.74) is 0.958. The average molecular weight is 695 g/mol. The minimum absolute atomic E-state index is 0.145. The minimum atomic E-state index is -1.57. The number of aliphatic hydroxyl groups excluding tert-OH is 6. The lowest BCUT2D eigenvalue weighted by atomic mass is 9.46. The third kappa shape index (κ3) is 5.45. The molecule has 1 spiro atoms. The van der Waals surface area contributed by atoms with Gasteiger partial charge in [-0.3, -0.25) is 0 Å². The Kier molecular flexibility index (Phi) is 9.14. The Morgan fingerprint density at radius 1 is 0.796 bits per heavy atom. The second kappa shape index (κ2) is 12.7. The standard InChI is InChI=1S/C37H58O12/c1-17-7-10-37(46-14-17)18(2)28-26(49-37)13-23-21-6-5-19-11-20(38)12-27(36(19,4)22(21)8-9-35(23,28)3)47-34-31(43)32(25(40)16-45-34)48-33-30(42)29(41)24(39)15-44-33/h5,17-18,20-34,38-43H,6-16H2,1-4H3/t17-,18-,20+,21+,22-,23-,24+,25-,26?,27+,28-,29-,30+,31+,32-,33-,34-,35-,36-,37+/m0/s1. The summed E-state index contributed by atoms with van der Waals surface area (Å²) in [5.74, 6) is 2.15. The van der Waals surface area contributed by atoms with Gasteiger partial charge in [-0.1, -0.05) is 39.3 Å². The van der Waals surface area contributed by atoms with E-state index in [1.165, 1.54) is 5.57 Å². The first-order valence-electron chi connectivity index (χ1n) is 18.9. The molecule has 0 aromatic rings. The van der Waals surface area contributed by atoms with Gasteiger partial charge in [0.2, 0.25) is 0 Å². The molecule has 6 N–H and O–H groups in total. The summed E-state index contributed by atoms with van der Waals surface area (Å²) >= 11 is 0. The van der Waals surface area contributed by atoms with E-state index in [9.17, 15) is 30.6 Å². The average Bonchev–Trinajstić information content (AvgIpc) is 3.51. The van der Waals surface area contributed by atoms with Crippen molar-refractivity contribution in [2.45, 2.75) is 152 Å². The van der Waals surface area contributed by atoms with Crippen LogP contribution < -0.4 is 0 Å². The van der Waals surface area contributed by atoms with Crippen LogP contribution in [0.2, 0.25) is 0 Å². The molecule has 1 unspecified atom stereocenters. The molecular formula is C37H58O12. The van der Waals surface area contributed by atoms with Gasteiger partial charge in [0.1, 0.15) is 36.6 Å². The number of allylic oxidation sites excluding steroid dienone is 1. The van der Waals surface area contributed by atoms with Gasteiger partial charge in [-0.25, -0.2) is 0 Å². The highest BCUT2D eigenvalue weighted by atomic mass is 16.7. The molecule has 8 rings (SSSR count). The lowest BCUT2D eigenvalue weighted by Gasteiger charge is -2.60. The number of aliphatic hydroxyl groups is 6. The SMILES string of the molecule is C[C@H]1CC[C@@]2(OC1)OC1C[C@H]3[C@@H]4CC=C5C[C@@H](O)C[C@@H](O[C@@H]6OC[C@H](O)[C@H](O[C@@H]7OC[C@@H](O)[C@H](O)[C@H]7O)[C@H]6O)[C@]5(C)[C@H]4CC[C@]3(C)[C@H]1[C@@H]2C. The summed E-state index contributed by atoms with van der Waals surface area (Å²) in [4.78, 5) is 0. The number of fused-ring (bicyclic) bond motifs is 7. The van der Waals surface area contributed by atoms with Gasteiger partial charge in [0.15, 0.2) is 18.4 Å². The van der Waals surface area contributed by atoms with Crippen LogP contribution in [0.1, 0.15) is 79.1 Å². The van der Waals surface area contributed by atoms with Crippen LogP contribution in [-0.4, -0.2) is 124 Å². The first kappa shape index (κ1) is 35.3. The summed E-state index contributed by atoms with van der Waals surface area (Å²) in [6.07, 6.45) is -2.11. The minimum Gasteiger partial charge on any atom is -0.393 e. The first-order valence-corrected chi connectivity index (χ1v) is 18.9. The van der Waals surface area contributed by atoms with Crippen molar-refractivity contribution in [2.75, 3.05) is 19.8 Å². The van der Waals surface area contributed by atoms with E-state index < -0.39 is 72.6 Å². The van der Waals surface area contributed by atoms with E-state index in [0.29, 0.717) is 48.3 Å². The van der Waals surface area contributed by atoms with Crippen molar-refractivity contribution in [3.63, 3.8) is 0 Å². The van der Waals surface area contributed by atoms with Crippen LogP contribution in [-0.2, 0) is 28.4 Å². The molecule has 0 aromatic carbocycles. The maximum absolute atomic E-state index is 11.5. The quantitative estimate of drug-likeness (QED) is 0.235. The van der Waals surface area contributed by atoms with Crippen molar-refractivity contribution in [3.05, 3.63) is 11.6 Å². The van der Waals surface area contributed by atoms with E-state index in [0.717, 1.165) is 45.1 Å². The van der Waals surface area contributed by atoms with E-state index in [1.54, 1.807) is 0 Å². The number of hydrogen-bond donors (Lipinski definition) is 6. The van der Waals surface area contributed by atoms with Crippen LogP contribution in [0.5, 0.6) is 0 Å². The van der Waals surface area contributed by atoms with Crippen LogP contribution in [0.25, 0.3) is 0 Å². The van der Waals surface area contributed by atoms with Gasteiger partial charge in [0.05, 0.1) is 38.1 Å². The van der Waals surface area contributed by atoms with Crippen molar-refractivity contribution in [1.29, 1.82) is 0 Å². The van der Waals surface area contributed by atoms with Crippen molar-refractivity contribution in [2.24, 2.45) is 46.3 Å². The highest BCUT2D eigenvalue weighted by Gasteiger charge is 2.69. The zero-order chi connectivity index (χ0) is 34.6. The molecular weight excluding hydrogens is 636 g/mol. The van der Waals surface area contributed by atoms with Gasteiger partial charge in [-0.2, -0.15) is 0 Å². The van der Waals surface area contributed by atoms with Crippen LogP contribution >= 0.6 is 0 Å². The second-order valence-electron chi connectivity index (χ2n) is 17.5. The van der Waals surface area contributed by atoms with Gasteiger partial charge in [0, 0.05) is 24.2 Å². The molecule has 278 valence electrons. The summed E-state index contributed by atoms with van der Waals surface area (Å²) < 4.78 is 37.2. The monoisotopic (exact) mass is 694 g/mol. The van der Waals surface area contributed by atoms with Gasteiger partial charge in [-0.05, 0) is 73.5 Å². The number of rotatable bonds is 4. The smallest absolute Gasteiger partial charge is 0.186 e. The fourth-order valence-corrected chi connectivity index (χ4v) is 12.2. The molecule has 20 atom stereocenters. The lowest BCUT2D eigenvalue weighted by molar-refractivity contribution is -0.344. The zero-order valence-electron chi connectivity index (χ0n) is 29.3. The largest absolute Gasteiger partial charge is 0.393 e. The predicted molar refractivity (Wildman–Crippen MR) is 172 cm³/mol. The molecule has 8 aliphatic rings. The highest BCUT2D eigenvalue weighted by Crippen LogP contribution is 2.71. The van der Waals surface area contributed by atoms with Crippen LogP contribution in [0.4, 0.5) is 0 Å². The van der Waals surface area contributed by atoms with Crippen molar-refractivity contribution >= 4 is 0 Å². The molecule has 4 heterocycles. The molecule has 0 amide bonds. The number of ether oxygens (including phenoxy) is 6. The molecule has 12 heteroatoms. The van der Waals surface area contributed by atoms with Crippen molar-refractivity contribution in [3.8, 4) is 0 Å². The van der Waals surface area contributed by atoms with Crippen LogP contribution in [0.15, 0.2) is 11.6 Å². The fourth-order valence-electron chi connectivity index (χ4n) is 12.2. The molecule has 7 fully saturated rings. The third-order valence-electron chi connectivity index (χ3n) is 14.9. The van der Waals surface area contributed by atoms with Gasteiger partial charge in [-0.15, -0.1) is 0 Å². The molecule has 0 aromatic heterocycles. The maximum Gasteiger partial charge on any atom is 0.186 e. The number of hydrogen-bond acceptors (Lipinski definition) is 12. The molecule has 12 nitrogen and oxygen atoms in total. The van der Waals surface area contributed by atoms with E-state index in [4.69, 9.17) is 28.4 Å². The van der Waals surface area contributed by atoms with Gasteiger partial charge in [0.25, 0.3) is 0 Å². The van der Waals surface area contributed by atoms with E-state index in [-0.39, 0.29) is 24.7 Å². The van der Waals surface area contributed by atoms with E-state index in [2.05, 4.69) is 33.8 Å². The Bertz CT molecular complexity index is 1260. The normalized spacial score (nSPS) is 58.7. The van der Waals surface area contributed by atoms with Crippen molar-refractivity contribution < 1.29 is 59.1 Å². The summed E-state index contributed by atoms with van der Waals surface area (Å²) in [6.45, 7) is 9.71. The predicted octanol–water partition coefficient (Wildman–Crippen LogP) is 1.61. The first-order chi connectivity index (χ1) is 23.3. The molecule has 3 saturated carbocycles. The van der Waals surface area contributed by atoms with Gasteiger partial charge >= 0.3 is 0 Å². The Morgan fingerprint density at radius 3 is 2.27 bits per heavy atom. The summed E-state index contributed by atoms with van der Waals surface area (Å²) in [6, 6.07) is 0. The Labute approximate surface area is 289 Å². The second-order valence-corrected chi connectivity index (χ2v) is 17.5. The molecule has 4 saturated heterocycles. The molecule has 4 aliphatic carbocycles. The third-order valence-corrected chi connectivity index (χ3v) is 14.9. The topological polar surface area (TPSA) is 177 Å². The van der Waals surface area contributed by atoms with Crippen LogP contribution in [0, 0.1) is 46.3 Å². The maximum atomic E-state index is 11.5.